The first-order valence-corrected chi connectivity index (χ1v) is 9.29. The van der Waals surface area contributed by atoms with Crippen molar-refractivity contribution in [2.75, 3.05) is 18.4 Å². The van der Waals surface area contributed by atoms with Crippen LogP contribution in [0, 0.1) is 5.92 Å². The van der Waals surface area contributed by atoms with E-state index in [-0.39, 0.29) is 17.9 Å². The standard InChI is InChI=1S/C20H26N4O2/c1-3-14(2)18(23-20(26)24-11-4-5-12-24)19(25)22-16-8-9-17-15(13-16)7-6-10-21-17/h6-10,13-14,18H,3-5,11-12H2,1-2H3,(H,22,25)(H,23,26)/t14-,18+/m1/s1. The van der Waals surface area contributed by atoms with Crippen LogP contribution >= 0.6 is 0 Å². The van der Waals surface area contributed by atoms with Gasteiger partial charge in [-0.15, -0.1) is 0 Å². The summed E-state index contributed by atoms with van der Waals surface area (Å²) in [5.41, 5.74) is 1.59. The van der Waals surface area contributed by atoms with Crippen molar-refractivity contribution in [3.05, 3.63) is 36.5 Å². The Hall–Kier alpha value is -2.63. The molecule has 1 saturated heterocycles. The average Bonchev–Trinajstić information content (AvgIpc) is 3.20. The summed E-state index contributed by atoms with van der Waals surface area (Å²) in [6, 6.07) is 8.74. The van der Waals surface area contributed by atoms with Crippen molar-refractivity contribution >= 4 is 28.5 Å². The first-order chi connectivity index (χ1) is 12.6. The Morgan fingerprint density at radius 2 is 2.00 bits per heavy atom. The number of pyridine rings is 1. The Morgan fingerprint density at radius 3 is 2.73 bits per heavy atom. The van der Waals surface area contributed by atoms with Crippen molar-refractivity contribution in [2.24, 2.45) is 5.92 Å². The minimum absolute atomic E-state index is 0.0451. The second kappa shape index (κ2) is 8.17. The van der Waals surface area contributed by atoms with Crippen LogP contribution in [0.5, 0.6) is 0 Å². The molecule has 1 fully saturated rings. The number of anilines is 1. The summed E-state index contributed by atoms with van der Waals surface area (Å²) in [5, 5.41) is 6.84. The highest BCUT2D eigenvalue weighted by molar-refractivity contribution is 5.98. The van der Waals surface area contributed by atoms with Gasteiger partial charge in [-0.1, -0.05) is 26.3 Å². The number of nitrogens with zero attached hydrogens (tertiary/aromatic N) is 2. The van der Waals surface area contributed by atoms with Crippen LogP contribution in [-0.4, -0.2) is 41.0 Å². The fourth-order valence-electron chi connectivity index (χ4n) is 3.22. The number of hydrogen-bond donors (Lipinski definition) is 2. The lowest BCUT2D eigenvalue weighted by molar-refractivity contribution is -0.119. The maximum atomic E-state index is 12.8. The normalized spacial score (nSPS) is 16.3. The van der Waals surface area contributed by atoms with Crippen LogP contribution in [0.1, 0.15) is 33.1 Å². The summed E-state index contributed by atoms with van der Waals surface area (Å²) >= 11 is 0. The van der Waals surface area contributed by atoms with Crippen LogP contribution in [0.15, 0.2) is 36.5 Å². The number of benzene rings is 1. The van der Waals surface area contributed by atoms with Gasteiger partial charge < -0.3 is 15.5 Å². The van der Waals surface area contributed by atoms with Crippen LogP contribution in [0.4, 0.5) is 10.5 Å². The molecule has 138 valence electrons. The molecule has 2 aromatic rings. The number of urea groups is 1. The second-order valence-corrected chi connectivity index (χ2v) is 6.91. The summed E-state index contributed by atoms with van der Waals surface area (Å²) in [5.74, 6) is -0.140. The molecule has 0 spiro atoms. The van der Waals surface area contributed by atoms with E-state index in [0.29, 0.717) is 5.69 Å². The van der Waals surface area contributed by atoms with Crippen molar-refractivity contribution in [1.82, 2.24) is 15.2 Å². The first-order valence-electron chi connectivity index (χ1n) is 9.29. The quantitative estimate of drug-likeness (QED) is 0.864. The highest BCUT2D eigenvalue weighted by atomic mass is 16.2. The number of carbonyl (C=O) groups is 2. The number of nitrogens with one attached hydrogen (secondary N) is 2. The maximum Gasteiger partial charge on any atom is 0.318 e. The third-order valence-electron chi connectivity index (χ3n) is 5.04. The SMILES string of the molecule is CC[C@@H](C)[C@H](NC(=O)N1CCCC1)C(=O)Nc1ccc2ncccc2c1. The van der Waals surface area contributed by atoms with Crippen molar-refractivity contribution in [3.63, 3.8) is 0 Å². The van der Waals surface area contributed by atoms with Gasteiger partial charge in [-0.2, -0.15) is 0 Å². The van der Waals surface area contributed by atoms with Crippen molar-refractivity contribution < 1.29 is 9.59 Å². The third-order valence-corrected chi connectivity index (χ3v) is 5.04. The van der Waals surface area contributed by atoms with Crippen molar-refractivity contribution in [3.8, 4) is 0 Å². The molecule has 1 aliphatic heterocycles. The van der Waals surface area contributed by atoms with Gasteiger partial charge in [0, 0.05) is 30.4 Å². The van der Waals surface area contributed by atoms with Crippen LogP contribution in [0.25, 0.3) is 10.9 Å². The van der Waals surface area contributed by atoms with Gasteiger partial charge >= 0.3 is 6.03 Å². The Bertz CT molecular complexity index is 786. The van der Waals surface area contributed by atoms with Gasteiger partial charge in [0.1, 0.15) is 6.04 Å². The molecule has 1 aromatic heterocycles. The highest BCUT2D eigenvalue weighted by Crippen LogP contribution is 2.19. The molecule has 0 aliphatic carbocycles. The van der Waals surface area contributed by atoms with Gasteiger partial charge in [0.15, 0.2) is 0 Å². The van der Waals surface area contributed by atoms with E-state index in [1.54, 1.807) is 11.1 Å². The summed E-state index contributed by atoms with van der Waals surface area (Å²) in [6.07, 6.45) is 4.60. The van der Waals surface area contributed by atoms with Gasteiger partial charge in [-0.25, -0.2) is 4.79 Å². The molecular formula is C20H26N4O2. The zero-order valence-corrected chi connectivity index (χ0v) is 15.4. The first kappa shape index (κ1) is 18.2. The molecule has 2 N–H and O–H groups in total. The van der Waals surface area contributed by atoms with Gasteiger partial charge in [0.25, 0.3) is 0 Å². The lowest BCUT2D eigenvalue weighted by Crippen LogP contribution is -2.51. The van der Waals surface area contributed by atoms with E-state index < -0.39 is 6.04 Å². The van der Waals surface area contributed by atoms with Crippen LogP contribution < -0.4 is 10.6 Å². The zero-order chi connectivity index (χ0) is 18.5. The molecule has 0 bridgehead atoms. The number of hydrogen-bond acceptors (Lipinski definition) is 3. The average molecular weight is 354 g/mol. The lowest BCUT2D eigenvalue weighted by Gasteiger charge is -2.26. The summed E-state index contributed by atoms with van der Waals surface area (Å²) in [6.45, 7) is 5.53. The number of fused-ring (bicyclic) bond motifs is 1. The molecule has 3 rings (SSSR count). The molecule has 6 nitrogen and oxygen atoms in total. The molecule has 1 aromatic carbocycles. The molecule has 0 saturated carbocycles. The predicted molar refractivity (Wildman–Crippen MR) is 103 cm³/mol. The van der Waals surface area contributed by atoms with E-state index in [9.17, 15) is 9.59 Å². The number of carbonyl (C=O) groups excluding carboxylic acids is 2. The van der Waals surface area contributed by atoms with E-state index in [2.05, 4.69) is 15.6 Å². The van der Waals surface area contributed by atoms with E-state index in [4.69, 9.17) is 0 Å². The van der Waals surface area contributed by atoms with Gasteiger partial charge in [0.2, 0.25) is 5.91 Å². The molecule has 1 aliphatic rings. The Morgan fingerprint density at radius 1 is 1.23 bits per heavy atom. The van der Waals surface area contributed by atoms with Gasteiger partial charge in [-0.3, -0.25) is 9.78 Å². The third kappa shape index (κ3) is 4.12. The largest absolute Gasteiger partial charge is 0.326 e. The van der Waals surface area contributed by atoms with Crippen LogP contribution in [0.3, 0.4) is 0 Å². The second-order valence-electron chi connectivity index (χ2n) is 6.91. The van der Waals surface area contributed by atoms with Gasteiger partial charge in [-0.05, 0) is 43.0 Å². The minimum atomic E-state index is -0.558. The summed E-state index contributed by atoms with van der Waals surface area (Å²) in [7, 11) is 0. The number of aromatic nitrogens is 1. The van der Waals surface area contributed by atoms with Crippen molar-refractivity contribution in [2.45, 2.75) is 39.2 Å². The fourth-order valence-corrected chi connectivity index (χ4v) is 3.22. The van der Waals surface area contributed by atoms with E-state index >= 15 is 0 Å². The fraction of sp³-hybridized carbons (Fsp3) is 0.450. The lowest BCUT2D eigenvalue weighted by atomic mass is 9.98. The Labute approximate surface area is 154 Å². The van der Waals surface area contributed by atoms with E-state index in [1.807, 2.05) is 44.2 Å². The van der Waals surface area contributed by atoms with E-state index in [0.717, 1.165) is 43.3 Å². The Balaban J connectivity index is 1.72. The number of rotatable bonds is 5. The molecule has 2 atom stereocenters. The number of amides is 3. The molecule has 0 unspecified atom stereocenters. The van der Waals surface area contributed by atoms with Gasteiger partial charge in [0.05, 0.1) is 5.52 Å². The predicted octanol–water partition coefficient (Wildman–Crippen LogP) is 3.39. The number of likely N-dealkylation sites (tertiary alicyclic amines) is 1. The summed E-state index contributed by atoms with van der Waals surface area (Å²) < 4.78 is 0. The molecular weight excluding hydrogens is 328 g/mol. The molecule has 3 amide bonds. The molecule has 6 heteroatoms. The smallest absolute Gasteiger partial charge is 0.318 e. The highest BCUT2D eigenvalue weighted by Gasteiger charge is 2.28. The zero-order valence-electron chi connectivity index (χ0n) is 15.4. The molecule has 2 heterocycles. The monoisotopic (exact) mass is 354 g/mol. The van der Waals surface area contributed by atoms with Crippen molar-refractivity contribution in [1.29, 1.82) is 0 Å². The molecule has 26 heavy (non-hydrogen) atoms. The topological polar surface area (TPSA) is 74.3 Å². The van der Waals surface area contributed by atoms with E-state index in [1.165, 1.54) is 0 Å². The minimum Gasteiger partial charge on any atom is -0.326 e. The Kier molecular flexibility index (Phi) is 5.71. The van der Waals surface area contributed by atoms with Crippen LogP contribution in [-0.2, 0) is 4.79 Å². The molecule has 0 radical (unpaired) electrons. The summed E-state index contributed by atoms with van der Waals surface area (Å²) in [4.78, 5) is 31.3. The maximum absolute atomic E-state index is 12.8. The van der Waals surface area contributed by atoms with Crippen LogP contribution in [0.2, 0.25) is 0 Å².